The predicted molar refractivity (Wildman–Crippen MR) is 132 cm³/mol. The van der Waals surface area contributed by atoms with E-state index in [4.69, 9.17) is 0 Å². The first-order valence-corrected chi connectivity index (χ1v) is 11.9. The van der Waals surface area contributed by atoms with Crippen LogP contribution in [0.1, 0.15) is 85.5 Å². The number of hydrogen-bond donors (Lipinski definition) is 0. The Balaban J connectivity index is 1.32. The highest BCUT2D eigenvalue weighted by atomic mass is 14.3. The molecule has 0 aromatic heterocycles. The lowest BCUT2D eigenvalue weighted by molar-refractivity contribution is 0.376. The highest BCUT2D eigenvalue weighted by molar-refractivity contribution is 5.69. The molecule has 0 heterocycles. The molecule has 2 fully saturated rings. The molecule has 0 atom stereocenters. The summed E-state index contributed by atoms with van der Waals surface area (Å²) in [7, 11) is 0. The van der Waals surface area contributed by atoms with Crippen molar-refractivity contribution in [2.24, 2.45) is 11.8 Å². The normalized spacial score (nSPS) is 27.1. The second kappa shape index (κ2) is 10.1. The van der Waals surface area contributed by atoms with Gasteiger partial charge in [0.25, 0.3) is 0 Å². The maximum atomic E-state index is 3.96. The second-order valence-electron chi connectivity index (χ2n) is 9.36. The zero-order chi connectivity index (χ0) is 20.8. The molecular weight excluding hydrogens is 360 g/mol. The van der Waals surface area contributed by atoms with Gasteiger partial charge in [-0.05, 0) is 97.3 Å². The van der Waals surface area contributed by atoms with Gasteiger partial charge in [0, 0.05) is 0 Å². The molecule has 0 saturated heterocycles. The molecule has 0 aliphatic heterocycles. The summed E-state index contributed by atoms with van der Waals surface area (Å²) < 4.78 is 0. The molecule has 0 spiro atoms. The van der Waals surface area contributed by atoms with Gasteiger partial charge in [0.1, 0.15) is 0 Å². The molecule has 0 heteroatoms. The van der Waals surface area contributed by atoms with Crippen LogP contribution in [-0.4, -0.2) is 0 Å². The van der Waals surface area contributed by atoms with Crippen LogP contribution in [-0.2, 0) is 0 Å². The van der Waals surface area contributed by atoms with Crippen molar-refractivity contribution in [3.63, 3.8) is 0 Å². The van der Waals surface area contributed by atoms with E-state index >= 15 is 0 Å². The average molecular weight is 397 g/mol. The van der Waals surface area contributed by atoms with E-state index in [-0.39, 0.29) is 0 Å². The average Bonchev–Trinajstić information content (AvgIpc) is 2.83. The molecule has 4 rings (SSSR count). The molecule has 2 saturated carbocycles. The van der Waals surface area contributed by atoms with Gasteiger partial charge in [-0.25, -0.2) is 0 Å². The van der Waals surface area contributed by atoms with E-state index in [9.17, 15) is 0 Å². The van der Waals surface area contributed by atoms with Gasteiger partial charge >= 0.3 is 0 Å². The van der Waals surface area contributed by atoms with E-state index < -0.39 is 0 Å². The molecule has 0 radical (unpaired) electrons. The van der Waals surface area contributed by atoms with Crippen LogP contribution in [0.2, 0.25) is 0 Å². The quantitative estimate of drug-likeness (QED) is 0.338. The van der Waals surface area contributed by atoms with Crippen LogP contribution in [0.3, 0.4) is 0 Å². The molecule has 0 nitrogen and oxygen atoms in total. The van der Waals surface area contributed by atoms with Gasteiger partial charge in [-0.15, -0.1) is 13.2 Å². The summed E-state index contributed by atoms with van der Waals surface area (Å²) in [6.07, 6.45) is 19.1. The third-order valence-electron chi connectivity index (χ3n) is 7.49. The van der Waals surface area contributed by atoms with Gasteiger partial charge in [-0.1, -0.05) is 72.8 Å². The van der Waals surface area contributed by atoms with E-state index in [0.29, 0.717) is 0 Å². The Morgan fingerprint density at radius 2 is 0.833 bits per heavy atom. The van der Waals surface area contributed by atoms with Crippen molar-refractivity contribution < 1.29 is 0 Å². The number of allylic oxidation sites excluding steroid dienone is 2. The Kier molecular flexibility index (Phi) is 7.05. The minimum absolute atomic E-state index is 0.730. The Hall–Kier alpha value is -2.34. The number of hydrogen-bond acceptors (Lipinski definition) is 0. The fraction of sp³-hybridized carbons (Fsp3) is 0.400. The molecule has 0 N–H and O–H groups in total. The van der Waals surface area contributed by atoms with Crippen molar-refractivity contribution in [1.82, 2.24) is 0 Å². The van der Waals surface area contributed by atoms with Crippen LogP contribution < -0.4 is 0 Å². The van der Waals surface area contributed by atoms with E-state index in [2.05, 4.69) is 86.0 Å². The molecule has 0 bridgehead atoms. The van der Waals surface area contributed by atoms with Crippen molar-refractivity contribution in [1.29, 1.82) is 0 Å². The van der Waals surface area contributed by atoms with Crippen LogP contribution in [0.5, 0.6) is 0 Å². The summed E-state index contributed by atoms with van der Waals surface area (Å²) in [6.45, 7) is 7.93. The summed E-state index contributed by atoms with van der Waals surface area (Å²) in [5, 5.41) is 0. The van der Waals surface area contributed by atoms with E-state index in [1.54, 1.807) is 0 Å². The van der Waals surface area contributed by atoms with Crippen LogP contribution in [0, 0.1) is 11.8 Å². The van der Waals surface area contributed by atoms with Crippen LogP contribution in [0.4, 0.5) is 0 Å². The monoisotopic (exact) mass is 396 g/mol. The SMILES string of the molecule is C=CC1CCC(c2ccc(/C=C/c3ccc(C4CCC(C=C)CC4)cc3)cc2)CC1. The van der Waals surface area contributed by atoms with Crippen LogP contribution >= 0.6 is 0 Å². The first kappa shape index (κ1) is 20.9. The minimum atomic E-state index is 0.730. The molecule has 156 valence electrons. The highest BCUT2D eigenvalue weighted by Crippen LogP contribution is 2.37. The zero-order valence-electron chi connectivity index (χ0n) is 18.3. The van der Waals surface area contributed by atoms with Crippen LogP contribution in [0.25, 0.3) is 12.2 Å². The predicted octanol–water partition coefficient (Wildman–Crippen LogP) is 8.78. The van der Waals surface area contributed by atoms with Gasteiger partial charge < -0.3 is 0 Å². The van der Waals surface area contributed by atoms with E-state index in [0.717, 1.165) is 23.7 Å². The van der Waals surface area contributed by atoms with Crippen molar-refractivity contribution >= 4 is 12.2 Å². The molecule has 30 heavy (non-hydrogen) atoms. The summed E-state index contributed by atoms with van der Waals surface area (Å²) >= 11 is 0. The Labute approximate surface area is 183 Å². The van der Waals surface area contributed by atoms with Gasteiger partial charge in [0.2, 0.25) is 0 Å². The fourth-order valence-electron chi connectivity index (χ4n) is 5.33. The van der Waals surface area contributed by atoms with Crippen molar-refractivity contribution in [3.05, 3.63) is 96.1 Å². The maximum Gasteiger partial charge on any atom is -0.0162 e. The topological polar surface area (TPSA) is 0 Å². The van der Waals surface area contributed by atoms with Crippen LogP contribution in [0.15, 0.2) is 73.8 Å². The minimum Gasteiger partial charge on any atom is -0.103 e. The molecule has 2 aromatic carbocycles. The lowest BCUT2D eigenvalue weighted by atomic mass is 9.78. The maximum absolute atomic E-state index is 3.96. The lowest BCUT2D eigenvalue weighted by Crippen LogP contribution is -2.11. The molecular formula is C30H36. The molecule has 2 aromatic rings. The standard InChI is InChI=1S/C30H36/c1-3-23-7-15-27(16-8-23)29-19-11-25(12-20-29)5-6-26-13-21-30(22-14-26)28-17-9-24(4-2)10-18-28/h3-6,11-14,19-24,27-28H,1-2,7-10,15-18H2/b6-5+. The van der Waals surface area contributed by atoms with Gasteiger partial charge in [-0.2, -0.15) is 0 Å². The van der Waals surface area contributed by atoms with Crippen molar-refractivity contribution in [2.45, 2.75) is 63.2 Å². The smallest absolute Gasteiger partial charge is 0.0162 e. The van der Waals surface area contributed by atoms with Crippen molar-refractivity contribution in [3.8, 4) is 0 Å². The van der Waals surface area contributed by atoms with Gasteiger partial charge in [-0.3, -0.25) is 0 Å². The Bertz CT molecular complexity index is 762. The van der Waals surface area contributed by atoms with Crippen molar-refractivity contribution in [2.75, 3.05) is 0 Å². The van der Waals surface area contributed by atoms with Gasteiger partial charge in [0.05, 0.1) is 0 Å². The Morgan fingerprint density at radius 3 is 1.13 bits per heavy atom. The summed E-state index contributed by atoms with van der Waals surface area (Å²) in [5.41, 5.74) is 5.58. The number of rotatable bonds is 6. The summed E-state index contributed by atoms with van der Waals surface area (Å²) in [6, 6.07) is 18.4. The first-order valence-electron chi connectivity index (χ1n) is 11.9. The number of benzene rings is 2. The van der Waals surface area contributed by atoms with E-state index in [1.807, 2.05) is 0 Å². The third-order valence-corrected chi connectivity index (χ3v) is 7.49. The molecule has 0 amide bonds. The summed E-state index contributed by atoms with van der Waals surface area (Å²) in [4.78, 5) is 0. The second-order valence-corrected chi connectivity index (χ2v) is 9.36. The van der Waals surface area contributed by atoms with Gasteiger partial charge in [0.15, 0.2) is 0 Å². The first-order chi connectivity index (χ1) is 14.7. The summed E-state index contributed by atoms with van der Waals surface area (Å²) in [5.74, 6) is 2.93. The van der Waals surface area contributed by atoms with E-state index in [1.165, 1.54) is 73.6 Å². The highest BCUT2D eigenvalue weighted by Gasteiger charge is 2.21. The largest absolute Gasteiger partial charge is 0.103 e. The lowest BCUT2D eigenvalue weighted by Gasteiger charge is -2.27. The zero-order valence-corrected chi connectivity index (χ0v) is 18.3. The molecule has 0 unspecified atom stereocenters. The fourth-order valence-corrected chi connectivity index (χ4v) is 5.33. The molecule has 2 aliphatic rings. The third kappa shape index (κ3) is 5.22. The Morgan fingerprint density at radius 1 is 0.500 bits per heavy atom. The molecule has 2 aliphatic carbocycles.